The smallest absolute Gasteiger partial charge is 0.335 e. The molecule has 0 unspecified atom stereocenters. The molecule has 7 heteroatoms. The van der Waals surface area contributed by atoms with Crippen LogP contribution in [-0.2, 0) is 16.1 Å². The molecule has 0 aromatic heterocycles. The van der Waals surface area contributed by atoms with Crippen molar-refractivity contribution in [2.75, 3.05) is 18.5 Å². The highest BCUT2D eigenvalue weighted by Crippen LogP contribution is 2.21. The Morgan fingerprint density at radius 1 is 1.21 bits per heavy atom. The van der Waals surface area contributed by atoms with Gasteiger partial charge in [0.1, 0.15) is 6.61 Å². The molecule has 0 amide bonds. The van der Waals surface area contributed by atoms with Crippen molar-refractivity contribution >= 4 is 45.0 Å². The number of carboxylic acids is 1. The summed E-state index contributed by atoms with van der Waals surface area (Å²) in [7, 11) is 0. The normalized spacial score (nSPS) is 10.4. The Balaban J connectivity index is 1.77. The quantitative estimate of drug-likeness (QED) is 0.685. The van der Waals surface area contributed by atoms with Crippen LogP contribution in [0.2, 0.25) is 5.02 Å². The molecule has 5 nitrogen and oxygen atoms in total. The van der Waals surface area contributed by atoms with Gasteiger partial charge in [-0.3, -0.25) is 4.79 Å². The van der Waals surface area contributed by atoms with Gasteiger partial charge in [0.15, 0.2) is 5.78 Å². The molecule has 0 aliphatic heterocycles. The molecule has 0 atom stereocenters. The molecule has 2 N–H and O–H groups in total. The minimum atomic E-state index is -1.01. The maximum atomic E-state index is 11.8. The summed E-state index contributed by atoms with van der Waals surface area (Å²) in [5.74, 6) is -1.16. The molecule has 0 fully saturated rings. The fraction of sp³-hybridized carbons (Fsp3) is 0.176. The van der Waals surface area contributed by atoms with Gasteiger partial charge >= 0.3 is 5.97 Å². The Labute approximate surface area is 152 Å². The lowest BCUT2D eigenvalue weighted by atomic mass is 10.2. The SMILES string of the molecule is O=C(CNc1cccc(C(=O)O)c1)COCc1ccc(Br)cc1Cl. The second-order valence-corrected chi connectivity index (χ2v) is 6.33. The molecular weight excluding hydrogens is 398 g/mol. The number of carbonyl (C=O) groups excluding carboxylic acids is 1. The molecule has 0 aliphatic carbocycles. The predicted molar refractivity (Wildman–Crippen MR) is 95.7 cm³/mol. The van der Waals surface area contributed by atoms with E-state index < -0.39 is 5.97 Å². The van der Waals surface area contributed by atoms with Crippen molar-refractivity contribution in [3.05, 3.63) is 63.1 Å². The minimum absolute atomic E-state index is 0.0527. The van der Waals surface area contributed by atoms with E-state index in [1.165, 1.54) is 12.1 Å². The van der Waals surface area contributed by atoms with Crippen LogP contribution in [0.4, 0.5) is 5.69 Å². The first-order valence-electron chi connectivity index (χ1n) is 7.06. The van der Waals surface area contributed by atoms with Crippen LogP contribution in [-0.4, -0.2) is 30.0 Å². The Hall–Kier alpha value is -1.89. The molecule has 0 saturated carbocycles. The van der Waals surface area contributed by atoms with Crippen LogP contribution in [0.3, 0.4) is 0 Å². The van der Waals surface area contributed by atoms with Crippen LogP contribution in [0.5, 0.6) is 0 Å². The first-order chi connectivity index (χ1) is 11.5. The fourth-order valence-electron chi connectivity index (χ4n) is 1.93. The van der Waals surface area contributed by atoms with E-state index in [2.05, 4.69) is 21.2 Å². The maximum absolute atomic E-state index is 11.8. The number of carboxylic acid groups (broad SMARTS) is 1. The number of aromatic carboxylic acids is 1. The standard InChI is InChI=1S/C17H15BrClNO4/c18-13-5-4-12(16(19)7-13)9-24-10-15(21)8-20-14-3-1-2-11(6-14)17(22)23/h1-7,20H,8-10H2,(H,22,23). The van der Waals surface area contributed by atoms with Crippen molar-refractivity contribution < 1.29 is 19.4 Å². The molecule has 0 aliphatic rings. The largest absolute Gasteiger partial charge is 0.478 e. The number of hydrogen-bond donors (Lipinski definition) is 2. The maximum Gasteiger partial charge on any atom is 0.335 e. The summed E-state index contributed by atoms with van der Waals surface area (Å²) in [6.07, 6.45) is 0. The summed E-state index contributed by atoms with van der Waals surface area (Å²) in [6, 6.07) is 11.7. The van der Waals surface area contributed by atoms with Gasteiger partial charge in [0.05, 0.1) is 18.7 Å². The number of anilines is 1. The van der Waals surface area contributed by atoms with Crippen LogP contribution in [0.25, 0.3) is 0 Å². The van der Waals surface area contributed by atoms with Gasteiger partial charge in [-0.05, 0) is 35.9 Å². The zero-order valence-electron chi connectivity index (χ0n) is 12.6. The van der Waals surface area contributed by atoms with Gasteiger partial charge in [-0.1, -0.05) is 39.7 Å². The van der Waals surface area contributed by atoms with E-state index in [9.17, 15) is 9.59 Å². The molecule has 0 bridgehead atoms. The number of ketones is 1. The third kappa shape index (κ3) is 5.63. The van der Waals surface area contributed by atoms with Gasteiger partial charge in [0, 0.05) is 15.2 Å². The third-order valence-corrected chi connectivity index (χ3v) is 3.98. The molecule has 2 aromatic carbocycles. The van der Waals surface area contributed by atoms with Gasteiger partial charge in [0.25, 0.3) is 0 Å². The average molecular weight is 413 g/mol. The fourth-order valence-corrected chi connectivity index (χ4v) is 2.66. The van der Waals surface area contributed by atoms with Gasteiger partial charge in [-0.2, -0.15) is 0 Å². The molecule has 126 valence electrons. The van der Waals surface area contributed by atoms with Crippen LogP contribution in [0.1, 0.15) is 15.9 Å². The molecule has 24 heavy (non-hydrogen) atoms. The molecule has 2 aromatic rings. The monoisotopic (exact) mass is 411 g/mol. The Bertz CT molecular complexity index is 751. The van der Waals surface area contributed by atoms with Gasteiger partial charge in [-0.25, -0.2) is 4.79 Å². The first-order valence-corrected chi connectivity index (χ1v) is 8.23. The van der Waals surface area contributed by atoms with Crippen molar-refractivity contribution in [3.63, 3.8) is 0 Å². The minimum Gasteiger partial charge on any atom is -0.478 e. The Kier molecular flexibility index (Phi) is 6.78. The summed E-state index contributed by atoms with van der Waals surface area (Å²) in [5, 5.41) is 12.4. The second kappa shape index (κ2) is 8.82. The molecular formula is C17H15BrClNO4. The predicted octanol–water partition coefficient (Wildman–Crippen LogP) is 4.00. The number of carbonyl (C=O) groups is 2. The third-order valence-electron chi connectivity index (χ3n) is 3.13. The number of Topliss-reactive ketones (excluding diaryl/α,β-unsaturated/α-hetero) is 1. The number of benzene rings is 2. The number of hydrogen-bond acceptors (Lipinski definition) is 4. The van der Waals surface area contributed by atoms with E-state index in [0.717, 1.165) is 10.0 Å². The van der Waals surface area contributed by atoms with Gasteiger partial charge in [-0.15, -0.1) is 0 Å². The van der Waals surface area contributed by atoms with E-state index >= 15 is 0 Å². The van der Waals surface area contributed by atoms with Crippen LogP contribution < -0.4 is 5.32 Å². The summed E-state index contributed by atoms with van der Waals surface area (Å²) in [6.45, 7) is 0.238. The van der Waals surface area contributed by atoms with Crippen LogP contribution in [0.15, 0.2) is 46.9 Å². The van der Waals surface area contributed by atoms with E-state index in [0.29, 0.717) is 10.7 Å². The van der Waals surface area contributed by atoms with E-state index in [1.807, 2.05) is 12.1 Å². The molecule has 0 saturated heterocycles. The molecule has 2 rings (SSSR count). The van der Waals surface area contributed by atoms with Crippen molar-refractivity contribution in [2.45, 2.75) is 6.61 Å². The van der Waals surface area contributed by atoms with Crippen molar-refractivity contribution in [1.29, 1.82) is 0 Å². The zero-order chi connectivity index (χ0) is 17.5. The van der Waals surface area contributed by atoms with Gasteiger partial charge in [0.2, 0.25) is 0 Å². The Morgan fingerprint density at radius 2 is 2.00 bits per heavy atom. The lowest BCUT2D eigenvalue weighted by Gasteiger charge is -2.08. The number of nitrogens with one attached hydrogen (secondary N) is 1. The summed E-state index contributed by atoms with van der Waals surface area (Å²) < 4.78 is 6.24. The first kappa shape index (κ1) is 18.4. The van der Waals surface area contributed by atoms with Crippen molar-refractivity contribution in [2.24, 2.45) is 0 Å². The lowest BCUT2D eigenvalue weighted by molar-refractivity contribution is -0.122. The second-order valence-electron chi connectivity index (χ2n) is 5.01. The van der Waals surface area contributed by atoms with Crippen LogP contribution >= 0.6 is 27.5 Å². The zero-order valence-corrected chi connectivity index (χ0v) is 14.9. The highest BCUT2D eigenvalue weighted by Gasteiger charge is 2.07. The molecule has 0 spiro atoms. The van der Waals surface area contributed by atoms with E-state index in [-0.39, 0.29) is 31.1 Å². The lowest BCUT2D eigenvalue weighted by Crippen LogP contribution is -2.19. The topological polar surface area (TPSA) is 75.6 Å². The summed E-state index contributed by atoms with van der Waals surface area (Å²) in [4.78, 5) is 22.7. The number of rotatable bonds is 8. The molecule has 0 radical (unpaired) electrons. The average Bonchev–Trinajstić information content (AvgIpc) is 2.55. The van der Waals surface area contributed by atoms with E-state index in [4.69, 9.17) is 21.4 Å². The highest BCUT2D eigenvalue weighted by atomic mass is 79.9. The van der Waals surface area contributed by atoms with Crippen LogP contribution in [0, 0.1) is 0 Å². The van der Waals surface area contributed by atoms with E-state index in [1.54, 1.807) is 18.2 Å². The summed E-state index contributed by atoms with van der Waals surface area (Å²) in [5.41, 5.74) is 1.53. The molecule has 0 heterocycles. The Morgan fingerprint density at radius 3 is 2.71 bits per heavy atom. The van der Waals surface area contributed by atoms with Gasteiger partial charge < -0.3 is 15.2 Å². The number of ether oxygens (including phenoxy) is 1. The highest BCUT2D eigenvalue weighted by molar-refractivity contribution is 9.10. The summed E-state index contributed by atoms with van der Waals surface area (Å²) >= 11 is 9.39. The van der Waals surface area contributed by atoms with Crippen molar-refractivity contribution in [3.8, 4) is 0 Å². The van der Waals surface area contributed by atoms with Crippen molar-refractivity contribution in [1.82, 2.24) is 0 Å². The number of halogens is 2.